The molecule has 1 spiro atoms. The summed E-state index contributed by atoms with van der Waals surface area (Å²) in [5, 5.41) is 13.9. The normalized spacial score (nSPS) is 32.4. The third kappa shape index (κ3) is 6.81. The summed E-state index contributed by atoms with van der Waals surface area (Å²) in [6, 6.07) is 16.1. The van der Waals surface area contributed by atoms with Crippen LogP contribution < -0.4 is 5.32 Å². The molecule has 2 saturated heterocycles. The lowest BCUT2D eigenvalue weighted by Crippen LogP contribution is -2.60. The standard InChI is InChI=1S/C41H49N3O8/c1-50-26-31-36(28-16-8-3-9-17-28)51-40(49)34-32-21-22-41(52-32)35(34)38(47)44(30(25-45)24-27-14-6-2-7-15-27)37(41)39(48)43(29-18-10-4-11-19-29)23-13-5-12-20-33(46)42-31/h2-3,5-9,13-17,21-22,29-32,34-37,45H,4,10-12,18-20,23-26H2,1H3,(H,42,46)/b13-5-/t30-,31-,32+,34-,35-,36-,37+,41-/m1/s1. The average molecular weight is 712 g/mol. The summed E-state index contributed by atoms with van der Waals surface area (Å²) in [6.07, 6.45) is 11.4. The summed E-state index contributed by atoms with van der Waals surface area (Å²) in [6.45, 7) is -0.00920. The van der Waals surface area contributed by atoms with Crippen LogP contribution in [-0.2, 0) is 39.8 Å². The molecule has 0 unspecified atom stereocenters. The Morgan fingerprint density at radius 2 is 1.69 bits per heavy atom. The van der Waals surface area contributed by atoms with E-state index < -0.39 is 59.6 Å². The number of cyclic esters (lactones) is 1. The van der Waals surface area contributed by atoms with Crippen molar-refractivity contribution in [1.82, 2.24) is 15.1 Å². The van der Waals surface area contributed by atoms with Gasteiger partial charge in [-0.25, -0.2) is 0 Å². The minimum atomic E-state index is -1.43. The predicted octanol–water partition coefficient (Wildman–Crippen LogP) is 3.67. The van der Waals surface area contributed by atoms with Crippen molar-refractivity contribution in [2.75, 3.05) is 26.9 Å². The summed E-state index contributed by atoms with van der Waals surface area (Å²) in [7, 11) is 1.52. The lowest BCUT2D eigenvalue weighted by molar-refractivity contribution is -0.163. The highest BCUT2D eigenvalue weighted by Crippen LogP contribution is 2.56. The zero-order valence-electron chi connectivity index (χ0n) is 29.7. The van der Waals surface area contributed by atoms with Crippen LogP contribution in [0.5, 0.6) is 0 Å². The molecule has 7 rings (SSSR count). The third-order valence-corrected chi connectivity index (χ3v) is 11.5. The van der Waals surface area contributed by atoms with Gasteiger partial charge in [-0.3, -0.25) is 19.2 Å². The Kier molecular flexibility index (Phi) is 10.9. The molecule has 11 nitrogen and oxygen atoms in total. The number of rotatable bonds is 8. The first-order valence-electron chi connectivity index (χ1n) is 18.7. The number of fused-ring (bicyclic) bond motifs is 2. The van der Waals surface area contributed by atoms with Crippen LogP contribution in [0.4, 0.5) is 0 Å². The highest BCUT2D eigenvalue weighted by molar-refractivity contribution is 5.99. The average Bonchev–Trinajstić information content (AvgIpc) is 3.82. The van der Waals surface area contributed by atoms with Gasteiger partial charge in [-0.2, -0.15) is 0 Å². The third-order valence-electron chi connectivity index (χ3n) is 11.5. The Morgan fingerprint density at radius 1 is 0.962 bits per heavy atom. The number of methoxy groups -OCH3 is 1. The van der Waals surface area contributed by atoms with Crippen molar-refractivity contribution in [3.05, 3.63) is 96.1 Å². The van der Waals surface area contributed by atoms with Crippen molar-refractivity contribution in [3.8, 4) is 0 Å². The van der Waals surface area contributed by atoms with E-state index in [-0.39, 0.29) is 37.5 Å². The van der Waals surface area contributed by atoms with E-state index >= 15 is 4.79 Å². The van der Waals surface area contributed by atoms with Crippen molar-refractivity contribution < 1.29 is 38.5 Å². The Labute approximate surface area is 305 Å². The number of carbonyl (C=O) groups excluding carboxylic acids is 4. The molecule has 1 saturated carbocycles. The number of carbonyl (C=O) groups is 4. The van der Waals surface area contributed by atoms with E-state index in [4.69, 9.17) is 14.2 Å². The molecule has 276 valence electrons. The van der Waals surface area contributed by atoms with Gasteiger partial charge in [0.1, 0.15) is 23.7 Å². The molecule has 5 bridgehead atoms. The van der Waals surface area contributed by atoms with Crippen LogP contribution in [0.25, 0.3) is 0 Å². The number of ether oxygens (including phenoxy) is 3. The van der Waals surface area contributed by atoms with Gasteiger partial charge in [-0.15, -0.1) is 0 Å². The fourth-order valence-corrected chi connectivity index (χ4v) is 9.07. The van der Waals surface area contributed by atoms with Crippen molar-refractivity contribution in [1.29, 1.82) is 0 Å². The zero-order chi connectivity index (χ0) is 36.2. The van der Waals surface area contributed by atoms with Gasteiger partial charge in [-0.1, -0.05) is 104 Å². The smallest absolute Gasteiger partial charge is 0.313 e. The van der Waals surface area contributed by atoms with E-state index in [1.165, 1.54) is 12.0 Å². The van der Waals surface area contributed by atoms with Gasteiger partial charge in [0.2, 0.25) is 17.7 Å². The van der Waals surface area contributed by atoms with Gasteiger partial charge < -0.3 is 34.4 Å². The fourth-order valence-electron chi connectivity index (χ4n) is 9.07. The van der Waals surface area contributed by atoms with Crippen molar-refractivity contribution in [3.63, 3.8) is 0 Å². The van der Waals surface area contributed by atoms with Crippen LogP contribution in [0.3, 0.4) is 0 Å². The summed E-state index contributed by atoms with van der Waals surface area (Å²) < 4.78 is 18.5. The second-order valence-corrected chi connectivity index (χ2v) is 14.7. The number of aliphatic hydroxyl groups excluding tert-OH is 1. The molecule has 4 aliphatic heterocycles. The van der Waals surface area contributed by atoms with Gasteiger partial charge in [-0.05, 0) is 36.8 Å². The summed E-state index contributed by atoms with van der Waals surface area (Å²) >= 11 is 0. The number of allylic oxidation sites excluding steroid dienone is 1. The Hall–Kier alpha value is -4.32. The van der Waals surface area contributed by atoms with E-state index in [1.807, 2.05) is 77.7 Å². The molecule has 0 radical (unpaired) electrons. The minimum Gasteiger partial charge on any atom is -0.455 e. The highest BCUT2D eigenvalue weighted by Gasteiger charge is 2.74. The van der Waals surface area contributed by atoms with E-state index in [1.54, 1.807) is 12.2 Å². The predicted molar refractivity (Wildman–Crippen MR) is 191 cm³/mol. The van der Waals surface area contributed by atoms with E-state index in [9.17, 15) is 19.5 Å². The van der Waals surface area contributed by atoms with Gasteiger partial charge in [0.15, 0.2) is 0 Å². The van der Waals surface area contributed by atoms with Crippen molar-refractivity contribution in [2.45, 2.75) is 93.3 Å². The molecule has 3 fully saturated rings. The molecule has 4 heterocycles. The number of likely N-dealkylation sites (tertiary alicyclic amines) is 1. The first-order chi connectivity index (χ1) is 25.4. The van der Waals surface area contributed by atoms with Crippen LogP contribution in [0.1, 0.15) is 62.2 Å². The van der Waals surface area contributed by atoms with Gasteiger partial charge in [0.25, 0.3) is 0 Å². The molecule has 2 N–H and O–H groups in total. The van der Waals surface area contributed by atoms with Gasteiger partial charge in [0.05, 0.1) is 37.3 Å². The molecule has 3 amide bonds. The SMILES string of the molecule is COC[C@H]1NC(=O)CC/C=C\CN(C2CCCCC2)C(=O)[C@@H]2N([C@@H](CO)Cc3ccccc3)C(=O)[C@H]3[C@H](C(=O)O[C@@H]1c1ccccc1)[C@@H]1C=C[C@]23O1. The lowest BCUT2D eigenvalue weighted by atomic mass is 9.74. The lowest BCUT2D eigenvalue weighted by Gasteiger charge is -2.42. The van der Waals surface area contributed by atoms with Crippen molar-refractivity contribution in [2.24, 2.45) is 11.8 Å². The van der Waals surface area contributed by atoms with Crippen LogP contribution in [-0.4, -0.2) is 101 Å². The molecule has 5 aliphatic rings. The molecule has 2 aromatic carbocycles. The van der Waals surface area contributed by atoms with Crippen LogP contribution in [0.15, 0.2) is 85.0 Å². The van der Waals surface area contributed by atoms with Crippen LogP contribution in [0, 0.1) is 11.8 Å². The Balaban J connectivity index is 1.33. The maximum Gasteiger partial charge on any atom is 0.313 e. The molecule has 2 aromatic rings. The maximum atomic E-state index is 15.2. The van der Waals surface area contributed by atoms with E-state index in [0.717, 1.165) is 37.7 Å². The quantitative estimate of drug-likeness (QED) is 0.313. The first-order valence-corrected chi connectivity index (χ1v) is 18.7. The number of esters is 1. The summed E-state index contributed by atoms with van der Waals surface area (Å²) in [4.78, 5) is 61.5. The molecular weight excluding hydrogens is 662 g/mol. The first kappa shape index (κ1) is 36.1. The molecule has 0 aromatic heterocycles. The number of nitrogens with zero attached hydrogens (tertiary/aromatic N) is 2. The maximum absolute atomic E-state index is 15.2. The Morgan fingerprint density at radius 3 is 2.40 bits per heavy atom. The topological polar surface area (TPSA) is 135 Å². The number of benzene rings is 2. The monoisotopic (exact) mass is 711 g/mol. The molecule has 11 heteroatoms. The highest BCUT2D eigenvalue weighted by atomic mass is 16.6. The molecule has 1 aliphatic carbocycles. The number of amides is 3. The minimum absolute atomic E-state index is 0.0461. The second-order valence-electron chi connectivity index (χ2n) is 14.7. The number of hydrogen-bond acceptors (Lipinski definition) is 8. The second kappa shape index (κ2) is 15.7. The largest absolute Gasteiger partial charge is 0.455 e. The van der Waals surface area contributed by atoms with Gasteiger partial charge in [0, 0.05) is 26.1 Å². The van der Waals surface area contributed by atoms with E-state index in [2.05, 4.69) is 5.32 Å². The van der Waals surface area contributed by atoms with Gasteiger partial charge >= 0.3 is 5.97 Å². The van der Waals surface area contributed by atoms with Crippen LogP contribution in [0.2, 0.25) is 0 Å². The summed E-state index contributed by atoms with van der Waals surface area (Å²) in [5.41, 5.74) is 0.133. The number of hydrogen-bond donors (Lipinski definition) is 2. The number of aliphatic hydroxyl groups is 1. The molecule has 8 atom stereocenters. The van der Waals surface area contributed by atoms with Crippen molar-refractivity contribution >= 4 is 23.7 Å². The zero-order valence-corrected chi connectivity index (χ0v) is 29.7. The number of nitrogens with one attached hydrogen (secondary N) is 1. The molecule has 52 heavy (non-hydrogen) atoms. The van der Waals surface area contributed by atoms with Crippen LogP contribution >= 0.6 is 0 Å². The van der Waals surface area contributed by atoms with E-state index in [0.29, 0.717) is 24.9 Å². The fraction of sp³-hybridized carbons (Fsp3) is 0.512. The Bertz CT molecular complexity index is 1660. The summed E-state index contributed by atoms with van der Waals surface area (Å²) in [5.74, 6) is -3.68. The molecular formula is C41H49N3O8.